The number of anilines is 1. The van der Waals surface area contributed by atoms with Gasteiger partial charge in [-0.15, -0.1) is 0 Å². The number of carbonyl (C=O) groups excluding carboxylic acids is 1. The lowest BCUT2D eigenvalue weighted by molar-refractivity contribution is -0.121. The van der Waals surface area contributed by atoms with Gasteiger partial charge in [0.1, 0.15) is 17.2 Å². The Morgan fingerprint density at radius 1 is 1.44 bits per heavy atom. The van der Waals surface area contributed by atoms with Gasteiger partial charge in [0.05, 0.1) is 16.8 Å². The SMILES string of the molecule is NC1(C(=O)Nc2cc(F)c(Br)cc2F)CCOC1. The maximum Gasteiger partial charge on any atom is 0.247 e. The standard InChI is InChI=1S/C11H11BrF2N2O2/c12-6-3-8(14)9(4-7(6)13)16-10(17)11(15)1-2-18-5-11/h3-4H,1-2,5,15H2,(H,16,17). The number of nitrogens with one attached hydrogen (secondary N) is 1. The fourth-order valence-corrected chi connectivity index (χ4v) is 1.94. The molecule has 1 aromatic carbocycles. The van der Waals surface area contributed by atoms with E-state index in [0.29, 0.717) is 13.0 Å². The van der Waals surface area contributed by atoms with Gasteiger partial charge in [-0.1, -0.05) is 0 Å². The number of hydrogen-bond acceptors (Lipinski definition) is 3. The number of nitrogens with two attached hydrogens (primary N) is 1. The summed E-state index contributed by atoms with van der Waals surface area (Å²) in [5.41, 5.74) is 4.38. The summed E-state index contributed by atoms with van der Waals surface area (Å²) in [6.07, 6.45) is 0.347. The summed E-state index contributed by atoms with van der Waals surface area (Å²) in [6.45, 7) is 0.445. The minimum atomic E-state index is -1.18. The molecular formula is C11H11BrF2N2O2. The Bertz CT molecular complexity index is 490. The smallest absolute Gasteiger partial charge is 0.247 e. The predicted molar refractivity (Wildman–Crippen MR) is 65.0 cm³/mol. The third-order valence-corrected chi connectivity index (χ3v) is 3.37. The average Bonchev–Trinajstić information content (AvgIpc) is 2.74. The summed E-state index contributed by atoms with van der Waals surface area (Å²) in [7, 11) is 0. The first-order chi connectivity index (χ1) is 8.42. The molecule has 0 aromatic heterocycles. The zero-order valence-electron chi connectivity index (χ0n) is 9.30. The number of benzene rings is 1. The van der Waals surface area contributed by atoms with Gasteiger partial charge in [-0.3, -0.25) is 4.79 Å². The third-order valence-electron chi connectivity index (χ3n) is 2.76. The maximum atomic E-state index is 13.5. The van der Waals surface area contributed by atoms with Gasteiger partial charge < -0.3 is 15.8 Å². The van der Waals surface area contributed by atoms with Gasteiger partial charge >= 0.3 is 0 Å². The van der Waals surface area contributed by atoms with Crippen LogP contribution in [-0.4, -0.2) is 24.7 Å². The molecule has 1 atom stereocenters. The Hall–Kier alpha value is -1.05. The van der Waals surface area contributed by atoms with Crippen LogP contribution in [0.3, 0.4) is 0 Å². The lowest BCUT2D eigenvalue weighted by Gasteiger charge is -2.20. The van der Waals surface area contributed by atoms with Crippen molar-refractivity contribution in [1.82, 2.24) is 0 Å². The summed E-state index contributed by atoms with van der Waals surface area (Å²) in [6, 6.07) is 1.84. The fraction of sp³-hybridized carbons (Fsp3) is 0.364. The van der Waals surface area contributed by atoms with Crippen LogP contribution in [0.4, 0.5) is 14.5 Å². The molecule has 2 rings (SSSR count). The Balaban J connectivity index is 2.19. The molecular weight excluding hydrogens is 310 g/mol. The van der Waals surface area contributed by atoms with E-state index in [1.165, 1.54) is 0 Å². The quantitative estimate of drug-likeness (QED) is 0.816. The van der Waals surface area contributed by atoms with E-state index >= 15 is 0 Å². The molecule has 1 aliphatic rings. The van der Waals surface area contributed by atoms with Crippen molar-refractivity contribution in [3.05, 3.63) is 28.2 Å². The molecule has 18 heavy (non-hydrogen) atoms. The number of halogens is 3. The molecule has 1 fully saturated rings. The molecule has 7 heteroatoms. The highest BCUT2D eigenvalue weighted by Crippen LogP contribution is 2.25. The maximum absolute atomic E-state index is 13.5. The normalized spacial score (nSPS) is 23.1. The van der Waals surface area contributed by atoms with E-state index in [-0.39, 0.29) is 16.8 Å². The largest absolute Gasteiger partial charge is 0.379 e. The second kappa shape index (κ2) is 4.91. The Labute approximate surface area is 111 Å². The molecule has 0 saturated carbocycles. The first-order valence-corrected chi connectivity index (χ1v) is 6.04. The molecule has 1 saturated heterocycles. The molecule has 1 aliphatic heterocycles. The summed E-state index contributed by atoms with van der Waals surface area (Å²) in [5, 5.41) is 2.28. The molecule has 1 unspecified atom stereocenters. The van der Waals surface area contributed by atoms with Crippen LogP contribution in [0.25, 0.3) is 0 Å². The number of carbonyl (C=O) groups is 1. The van der Waals surface area contributed by atoms with E-state index in [0.717, 1.165) is 12.1 Å². The van der Waals surface area contributed by atoms with Crippen LogP contribution in [-0.2, 0) is 9.53 Å². The van der Waals surface area contributed by atoms with E-state index in [9.17, 15) is 13.6 Å². The molecule has 0 aliphatic carbocycles. The molecule has 1 aromatic rings. The van der Waals surface area contributed by atoms with Gasteiger partial charge in [-0.05, 0) is 28.4 Å². The third kappa shape index (κ3) is 2.52. The van der Waals surface area contributed by atoms with Crippen LogP contribution < -0.4 is 11.1 Å². The zero-order chi connectivity index (χ0) is 13.3. The first-order valence-electron chi connectivity index (χ1n) is 5.25. The molecule has 98 valence electrons. The van der Waals surface area contributed by atoms with Gasteiger partial charge in [0.15, 0.2) is 0 Å². The van der Waals surface area contributed by atoms with Gasteiger partial charge in [0.2, 0.25) is 5.91 Å². The van der Waals surface area contributed by atoms with Crippen LogP contribution >= 0.6 is 15.9 Å². The van der Waals surface area contributed by atoms with Crippen LogP contribution in [0.2, 0.25) is 0 Å². The second-order valence-electron chi connectivity index (χ2n) is 4.16. The van der Waals surface area contributed by atoms with Crippen molar-refractivity contribution in [2.45, 2.75) is 12.0 Å². The van der Waals surface area contributed by atoms with E-state index in [1.54, 1.807) is 0 Å². The van der Waals surface area contributed by atoms with Crippen LogP contribution in [0, 0.1) is 11.6 Å². The highest BCUT2D eigenvalue weighted by molar-refractivity contribution is 9.10. The van der Waals surface area contributed by atoms with Crippen LogP contribution in [0.15, 0.2) is 16.6 Å². The monoisotopic (exact) mass is 320 g/mol. The van der Waals surface area contributed by atoms with Crippen molar-refractivity contribution < 1.29 is 18.3 Å². The molecule has 0 spiro atoms. The van der Waals surface area contributed by atoms with Gasteiger partial charge in [-0.2, -0.15) is 0 Å². The molecule has 0 bridgehead atoms. The first kappa shape index (κ1) is 13.4. The number of amides is 1. The molecule has 4 nitrogen and oxygen atoms in total. The van der Waals surface area contributed by atoms with Crippen LogP contribution in [0.1, 0.15) is 6.42 Å². The highest BCUT2D eigenvalue weighted by atomic mass is 79.9. The Morgan fingerprint density at radius 3 is 2.78 bits per heavy atom. The number of ether oxygens (including phenoxy) is 1. The van der Waals surface area contributed by atoms with E-state index < -0.39 is 23.1 Å². The summed E-state index contributed by atoms with van der Waals surface area (Å²) in [4.78, 5) is 11.9. The van der Waals surface area contributed by atoms with Gasteiger partial charge in [0, 0.05) is 12.7 Å². The fourth-order valence-electron chi connectivity index (χ4n) is 1.62. The van der Waals surface area contributed by atoms with Crippen molar-refractivity contribution in [3.63, 3.8) is 0 Å². The van der Waals surface area contributed by atoms with Gasteiger partial charge in [0.25, 0.3) is 0 Å². The average molecular weight is 321 g/mol. The summed E-state index contributed by atoms with van der Waals surface area (Å²) in [5.74, 6) is -1.99. The highest BCUT2D eigenvalue weighted by Gasteiger charge is 2.38. The van der Waals surface area contributed by atoms with E-state index in [1.807, 2.05) is 0 Å². The number of hydrogen-bond donors (Lipinski definition) is 2. The Morgan fingerprint density at radius 2 is 2.17 bits per heavy atom. The molecule has 3 N–H and O–H groups in total. The lowest BCUT2D eigenvalue weighted by atomic mass is 9.99. The van der Waals surface area contributed by atoms with Crippen molar-refractivity contribution in [1.29, 1.82) is 0 Å². The van der Waals surface area contributed by atoms with Crippen LogP contribution in [0.5, 0.6) is 0 Å². The number of rotatable bonds is 2. The Kier molecular flexibility index (Phi) is 3.65. The minimum absolute atomic E-state index is 0.00957. The van der Waals surface area contributed by atoms with E-state index in [2.05, 4.69) is 21.2 Å². The summed E-state index contributed by atoms with van der Waals surface area (Å²) < 4.78 is 31.8. The van der Waals surface area contributed by atoms with Crippen molar-refractivity contribution in [2.24, 2.45) is 5.73 Å². The predicted octanol–water partition coefficient (Wildman–Crippen LogP) is 1.78. The van der Waals surface area contributed by atoms with Crippen molar-refractivity contribution >= 4 is 27.5 Å². The topological polar surface area (TPSA) is 64.4 Å². The zero-order valence-corrected chi connectivity index (χ0v) is 10.9. The minimum Gasteiger partial charge on any atom is -0.379 e. The molecule has 0 radical (unpaired) electrons. The van der Waals surface area contributed by atoms with E-state index in [4.69, 9.17) is 10.5 Å². The lowest BCUT2D eigenvalue weighted by Crippen LogP contribution is -2.51. The van der Waals surface area contributed by atoms with Crippen molar-refractivity contribution in [3.8, 4) is 0 Å². The van der Waals surface area contributed by atoms with Crippen molar-refractivity contribution in [2.75, 3.05) is 18.5 Å². The summed E-state index contributed by atoms with van der Waals surface area (Å²) >= 11 is 2.85. The second-order valence-corrected chi connectivity index (χ2v) is 5.01. The van der Waals surface area contributed by atoms with Gasteiger partial charge in [-0.25, -0.2) is 8.78 Å². The molecule has 1 heterocycles. The molecule has 1 amide bonds.